The van der Waals surface area contributed by atoms with Crippen LogP contribution in [0.15, 0.2) is 42.5 Å². The highest BCUT2D eigenvalue weighted by atomic mass is 127. The highest BCUT2D eigenvalue weighted by molar-refractivity contribution is 14.1. The van der Waals surface area contributed by atoms with Crippen LogP contribution < -0.4 is 15.5 Å². The Morgan fingerprint density at radius 3 is 2.62 bits per heavy atom. The number of hydrogen-bond acceptors (Lipinski definition) is 3. The molecule has 1 amide bonds. The van der Waals surface area contributed by atoms with Gasteiger partial charge in [-0.25, -0.2) is 0 Å². The standard InChI is InChI=1S/C19H19ClIN3OS/c20-15-9-8-13(21)12-14(15)18(25)23-19(26)22-16-6-2-3-7-17(16)24-10-4-1-5-11-24/h2-3,6-9,12H,1,4-5,10-11H2,(H2,22,23,25,26). The van der Waals surface area contributed by atoms with Crippen LogP contribution in [0.4, 0.5) is 11.4 Å². The SMILES string of the molecule is O=C(NC(=S)Nc1ccccc1N1CCCCC1)c1cc(I)ccc1Cl. The first-order chi connectivity index (χ1) is 12.5. The van der Waals surface area contributed by atoms with Gasteiger partial charge in [-0.1, -0.05) is 23.7 Å². The Morgan fingerprint density at radius 2 is 1.85 bits per heavy atom. The van der Waals surface area contributed by atoms with Crippen LogP contribution in [0.2, 0.25) is 5.02 Å². The first-order valence-corrected chi connectivity index (χ1v) is 10.3. The minimum Gasteiger partial charge on any atom is -0.370 e. The first-order valence-electron chi connectivity index (χ1n) is 8.46. The second-order valence-electron chi connectivity index (χ2n) is 6.10. The van der Waals surface area contributed by atoms with Gasteiger partial charge in [0.2, 0.25) is 0 Å². The highest BCUT2D eigenvalue weighted by Gasteiger charge is 2.16. The summed E-state index contributed by atoms with van der Waals surface area (Å²) in [4.78, 5) is 14.8. The van der Waals surface area contributed by atoms with Crippen molar-refractivity contribution >= 4 is 68.8 Å². The normalized spacial score (nSPS) is 14.0. The van der Waals surface area contributed by atoms with Gasteiger partial charge in [0.25, 0.3) is 5.91 Å². The fourth-order valence-corrected chi connectivity index (χ4v) is 3.88. The lowest BCUT2D eigenvalue weighted by molar-refractivity contribution is 0.0978. The van der Waals surface area contributed by atoms with Crippen LogP contribution in [0.1, 0.15) is 29.6 Å². The predicted molar refractivity (Wildman–Crippen MR) is 120 cm³/mol. The minimum absolute atomic E-state index is 0.259. The van der Waals surface area contributed by atoms with Crippen molar-refractivity contribution in [2.45, 2.75) is 19.3 Å². The molecule has 1 aliphatic heterocycles. The van der Waals surface area contributed by atoms with Crippen LogP contribution in [0, 0.1) is 3.57 Å². The summed E-state index contributed by atoms with van der Waals surface area (Å²) in [6.07, 6.45) is 3.67. The van der Waals surface area contributed by atoms with Crippen LogP contribution in [-0.4, -0.2) is 24.1 Å². The van der Waals surface area contributed by atoms with Crippen molar-refractivity contribution in [2.24, 2.45) is 0 Å². The van der Waals surface area contributed by atoms with Crippen LogP contribution in [-0.2, 0) is 0 Å². The Labute approximate surface area is 177 Å². The van der Waals surface area contributed by atoms with Crippen molar-refractivity contribution in [1.82, 2.24) is 5.32 Å². The van der Waals surface area contributed by atoms with Crippen molar-refractivity contribution in [3.8, 4) is 0 Å². The molecule has 0 radical (unpaired) electrons. The van der Waals surface area contributed by atoms with E-state index in [2.05, 4.69) is 44.2 Å². The number of halogens is 2. The van der Waals surface area contributed by atoms with E-state index in [1.165, 1.54) is 19.3 Å². The van der Waals surface area contributed by atoms with Gasteiger partial charge in [0.15, 0.2) is 5.11 Å². The highest BCUT2D eigenvalue weighted by Crippen LogP contribution is 2.28. The molecule has 4 nitrogen and oxygen atoms in total. The molecule has 7 heteroatoms. The van der Waals surface area contributed by atoms with E-state index in [0.29, 0.717) is 10.6 Å². The third kappa shape index (κ3) is 4.86. The molecule has 0 saturated carbocycles. The predicted octanol–water partition coefficient (Wildman–Crippen LogP) is 5.06. The van der Waals surface area contributed by atoms with Gasteiger partial charge in [0.05, 0.1) is 22.0 Å². The van der Waals surface area contributed by atoms with E-state index in [4.69, 9.17) is 23.8 Å². The second-order valence-corrected chi connectivity index (χ2v) is 8.16. The summed E-state index contributed by atoms with van der Waals surface area (Å²) in [5, 5.41) is 6.53. The van der Waals surface area contributed by atoms with Gasteiger partial charge < -0.3 is 10.2 Å². The van der Waals surface area contributed by atoms with Crippen molar-refractivity contribution < 1.29 is 4.79 Å². The maximum Gasteiger partial charge on any atom is 0.258 e. The summed E-state index contributed by atoms with van der Waals surface area (Å²) in [6.45, 7) is 2.08. The number of anilines is 2. The third-order valence-electron chi connectivity index (χ3n) is 4.25. The van der Waals surface area contributed by atoms with E-state index in [9.17, 15) is 4.79 Å². The van der Waals surface area contributed by atoms with Crippen molar-refractivity contribution in [3.05, 3.63) is 56.6 Å². The number of amides is 1. The molecule has 1 fully saturated rings. The number of thiocarbonyl (C=S) groups is 1. The lowest BCUT2D eigenvalue weighted by atomic mass is 10.1. The number of benzene rings is 2. The van der Waals surface area contributed by atoms with Gasteiger partial charge in [0, 0.05) is 16.7 Å². The first kappa shape index (κ1) is 19.4. The average molecular weight is 500 g/mol. The number of nitrogens with one attached hydrogen (secondary N) is 2. The number of carbonyl (C=O) groups excluding carboxylic acids is 1. The maximum absolute atomic E-state index is 12.5. The lowest BCUT2D eigenvalue weighted by Crippen LogP contribution is -2.35. The van der Waals surface area contributed by atoms with E-state index < -0.39 is 0 Å². The molecule has 2 aromatic rings. The number of rotatable bonds is 3. The molecule has 26 heavy (non-hydrogen) atoms. The molecule has 0 bridgehead atoms. The molecule has 0 aromatic heterocycles. The second kappa shape index (κ2) is 9.01. The topological polar surface area (TPSA) is 44.4 Å². The van der Waals surface area contributed by atoms with Crippen LogP contribution in [0.5, 0.6) is 0 Å². The molecule has 0 atom stereocenters. The average Bonchev–Trinajstić information content (AvgIpc) is 2.64. The van der Waals surface area contributed by atoms with Crippen molar-refractivity contribution in [1.29, 1.82) is 0 Å². The van der Waals surface area contributed by atoms with Crippen molar-refractivity contribution in [2.75, 3.05) is 23.3 Å². The zero-order valence-electron chi connectivity index (χ0n) is 14.1. The number of hydrogen-bond donors (Lipinski definition) is 2. The molecule has 0 aliphatic carbocycles. The summed E-state index contributed by atoms with van der Waals surface area (Å²) < 4.78 is 0.937. The van der Waals surface area contributed by atoms with E-state index in [1.807, 2.05) is 24.3 Å². The summed E-state index contributed by atoms with van der Waals surface area (Å²) >= 11 is 13.6. The van der Waals surface area contributed by atoms with E-state index in [1.54, 1.807) is 12.1 Å². The molecule has 0 unspecified atom stereocenters. The molecule has 1 heterocycles. The third-order valence-corrected chi connectivity index (χ3v) is 5.45. The van der Waals surface area contributed by atoms with Gasteiger partial charge in [-0.2, -0.15) is 0 Å². The molecular formula is C19H19ClIN3OS. The van der Waals surface area contributed by atoms with Crippen LogP contribution >= 0.6 is 46.4 Å². The largest absolute Gasteiger partial charge is 0.370 e. The molecular weight excluding hydrogens is 481 g/mol. The monoisotopic (exact) mass is 499 g/mol. The van der Waals surface area contributed by atoms with Crippen LogP contribution in [0.25, 0.3) is 0 Å². The van der Waals surface area contributed by atoms with Gasteiger partial charge >= 0.3 is 0 Å². The van der Waals surface area contributed by atoms with Gasteiger partial charge in [0.1, 0.15) is 0 Å². The Morgan fingerprint density at radius 1 is 1.12 bits per heavy atom. The van der Waals surface area contributed by atoms with E-state index >= 15 is 0 Å². The summed E-state index contributed by atoms with van der Waals surface area (Å²) in [6, 6.07) is 13.3. The quantitative estimate of drug-likeness (QED) is 0.458. The molecule has 2 N–H and O–H groups in total. The number of piperidine rings is 1. The Kier molecular flexibility index (Phi) is 6.72. The Bertz CT molecular complexity index is 824. The fourth-order valence-electron chi connectivity index (χ4n) is 2.99. The lowest BCUT2D eigenvalue weighted by Gasteiger charge is -2.30. The fraction of sp³-hybridized carbons (Fsp3) is 0.263. The number of carbonyl (C=O) groups is 1. The van der Waals surface area contributed by atoms with E-state index in [0.717, 1.165) is 28.0 Å². The molecule has 2 aromatic carbocycles. The zero-order chi connectivity index (χ0) is 18.5. The zero-order valence-corrected chi connectivity index (χ0v) is 17.8. The maximum atomic E-state index is 12.5. The summed E-state index contributed by atoms with van der Waals surface area (Å²) in [5.74, 6) is -0.318. The van der Waals surface area contributed by atoms with Crippen molar-refractivity contribution in [3.63, 3.8) is 0 Å². The Balaban J connectivity index is 1.70. The molecule has 0 spiro atoms. The summed E-state index contributed by atoms with van der Waals surface area (Å²) in [5.41, 5.74) is 2.41. The number of nitrogens with zero attached hydrogens (tertiary/aromatic N) is 1. The van der Waals surface area contributed by atoms with Gasteiger partial charge in [-0.05, 0) is 84.4 Å². The minimum atomic E-state index is -0.318. The summed E-state index contributed by atoms with van der Waals surface area (Å²) in [7, 11) is 0. The van der Waals surface area contributed by atoms with E-state index in [-0.39, 0.29) is 11.0 Å². The van der Waals surface area contributed by atoms with Gasteiger partial charge in [-0.15, -0.1) is 0 Å². The molecule has 136 valence electrons. The van der Waals surface area contributed by atoms with Crippen LogP contribution in [0.3, 0.4) is 0 Å². The Hall–Kier alpha value is -1.38. The molecule has 1 saturated heterocycles. The number of para-hydroxylation sites is 2. The smallest absolute Gasteiger partial charge is 0.258 e. The van der Waals surface area contributed by atoms with Gasteiger partial charge in [-0.3, -0.25) is 10.1 Å². The molecule has 1 aliphatic rings. The molecule has 3 rings (SSSR count).